The Morgan fingerprint density at radius 2 is 1.79 bits per heavy atom. The highest BCUT2D eigenvalue weighted by Crippen LogP contribution is 2.40. The lowest BCUT2D eigenvalue weighted by atomic mass is 9.85. The summed E-state index contributed by atoms with van der Waals surface area (Å²) in [4.78, 5) is 20.9. The Kier molecular flexibility index (Phi) is 6.02. The standard InChI is InChI=1S/C23H23BrN2OS/c1-16-7-5-6-10-20(16)26-22(27)21(15-17-11-13-18(24)14-12-17)28-23(26)25-19-8-3-2-4-9-19/h2-4,8-9,11-16,20H,5-7,10H2,1H3/b21-15-,25-23?/t16-,20-/m1/s1. The van der Waals surface area contributed by atoms with E-state index in [2.05, 4.69) is 22.9 Å². The van der Waals surface area contributed by atoms with E-state index in [4.69, 9.17) is 4.99 Å². The van der Waals surface area contributed by atoms with Crippen LogP contribution in [0.2, 0.25) is 0 Å². The third-order valence-electron chi connectivity index (χ3n) is 5.38. The van der Waals surface area contributed by atoms with Crippen molar-refractivity contribution in [3.8, 4) is 0 Å². The van der Waals surface area contributed by atoms with Crippen LogP contribution in [0.5, 0.6) is 0 Å². The summed E-state index contributed by atoms with van der Waals surface area (Å²) in [6.45, 7) is 2.26. The van der Waals surface area contributed by atoms with Crippen molar-refractivity contribution in [3.63, 3.8) is 0 Å². The average molecular weight is 455 g/mol. The number of rotatable bonds is 3. The van der Waals surface area contributed by atoms with Crippen LogP contribution < -0.4 is 0 Å². The summed E-state index contributed by atoms with van der Waals surface area (Å²) < 4.78 is 1.03. The highest BCUT2D eigenvalue weighted by molar-refractivity contribution is 9.10. The summed E-state index contributed by atoms with van der Waals surface area (Å²) in [6, 6.07) is 18.2. The lowest BCUT2D eigenvalue weighted by molar-refractivity contribution is -0.124. The summed E-state index contributed by atoms with van der Waals surface area (Å²) in [5.74, 6) is 0.577. The molecule has 3 nitrogen and oxygen atoms in total. The first-order valence-corrected chi connectivity index (χ1v) is 11.4. The quantitative estimate of drug-likeness (QED) is 0.487. The summed E-state index contributed by atoms with van der Waals surface area (Å²) in [5, 5.41) is 0.804. The molecule has 144 valence electrons. The van der Waals surface area contributed by atoms with Crippen molar-refractivity contribution in [1.29, 1.82) is 0 Å². The molecule has 1 aliphatic heterocycles. The predicted octanol–water partition coefficient (Wildman–Crippen LogP) is 6.63. The Hall–Kier alpha value is -1.85. The number of thioether (sulfide) groups is 1. The molecule has 2 aromatic rings. The van der Waals surface area contributed by atoms with Gasteiger partial charge in [0.2, 0.25) is 0 Å². The van der Waals surface area contributed by atoms with Crippen LogP contribution in [0.1, 0.15) is 38.2 Å². The molecular weight excluding hydrogens is 432 g/mol. The van der Waals surface area contributed by atoms with E-state index in [9.17, 15) is 4.79 Å². The number of amides is 1. The minimum absolute atomic E-state index is 0.0846. The topological polar surface area (TPSA) is 32.7 Å². The van der Waals surface area contributed by atoms with Gasteiger partial charge in [0.15, 0.2) is 5.17 Å². The lowest BCUT2D eigenvalue weighted by Crippen LogP contribution is -2.44. The molecule has 1 aliphatic carbocycles. The van der Waals surface area contributed by atoms with Crippen LogP contribution in [0.3, 0.4) is 0 Å². The van der Waals surface area contributed by atoms with Gasteiger partial charge in [-0.05, 0) is 66.4 Å². The van der Waals surface area contributed by atoms with Gasteiger partial charge in [-0.25, -0.2) is 4.99 Å². The molecule has 0 aromatic heterocycles. The average Bonchev–Trinajstić information content (AvgIpc) is 3.00. The summed E-state index contributed by atoms with van der Waals surface area (Å²) >= 11 is 4.96. The van der Waals surface area contributed by atoms with Gasteiger partial charge >= 0.3 is 0 Å². The maximum absolute atomic E-state index is 13.4. The Morgan fingerprint density at radius 3 is 2.50 bits per heavy atom. The zero-order valence-electron chi connectivity index (χ0n) is 15.8. The van der Waals surface area contributed by atoms with Gasteiger partial charge in [-0.3, -0.25) is 9.69 Å². The van der Waals surface area contributed by atoms with E-state index in [-0.39, 0.29) is 11.9 Å². The molecule has 0 radical (unpaired) electrons. The van der Waals surface area contributed by atoms with Crippen molar-refractivity contribution >= 4 is 50.5 Å². The molecule has 2 atom stereocenters. The van der Waals surface area contributed by atoms with Gasteiger partial charge in [0.1, 0.15) is 0 Å². The van der Waals surface area contributed by atoms with Gasteiger partial charge in [-0.2, -0.15) is 0 Å². The van der Waals surface area contributed by atoms with Crippen LogP contribution in [-0.2, 0) is 4.79 Å². The first-order valence-electron chi connectivity index (χ1n) is 9.74. The highest BCUT2D eigenvalue weighted by Gasteiger charge is 2.40. The predicted molar refractivity (Wildman–Crippen MR) is 122 cm³/mol. The molecule has 0 unspecified atom stereocenters. The number of carbonyl (C=O) groups is 1. The largest absolute Gasteiger partial charge is 0.283 e. The van der Waals surface area contributed by atoms with Crippen LogP contribution in [0.25, 0.3) is 6.08 Å². The Balaban J connectivity index is 1.71. The zero-order chi connectivity index (χ0) is 19.5. The van der Waals surface area contributed by atoms with Crippen LogP contribution in [0, 0.1) is 5.92 Å². The highest BCUT2D eigenvalue weighted by atomic mass is 79.9. The third-order valence-corrected chi connectivity index (χ3v) is 6.90. The van der Waals surface area contributed by atoms with E-state index in [1.807, 2.05) is 65.6 Å². The normalized spacial score (nSPS) is 25.6. The van der Waals surface area contributed by atoms with E-state index >= 15 is 0 Å². The molecule has 1 saturated heterocycles. The number of benzene rings is 2. The molecule has 0 bridgehead atoms. The molecule has 5 heteroatoms. The summed E-state index contributed by atoms with van der Waals surface area (Å²) in [5.41, 5.74) is 1.91. The van der Waals surface area contributed by atoms with Crippen molar-refractivity contribution in [2.45, 2.75) is 38.6 Å². The summed E-state index contributed by atoms with van der Waals surface area (Å²) in [6.07, 6.45) is 6.62. The van der Waals surface area contributed by atoms with Gasteiger partial charge < -0.3 is 0 Å². The third kappa shape index (κ3) is 4.26. The zero-order valence-corrected chi connectivity index (χ0v) is 18.2. The van der Waals surface area contributed by atoms with Crippen molar-refractivity contribution in [3.05, 3.63) is 69.5 Å². The van der Waals surface area contributed by atoms with Gasteiger partial charge in [-0.15, -0.1) is 0 Å². The molecule has 2 fully saturated rings. The second kappa shape index (κ2) is 8.66. The van der Waals surface area contributed by atoms with Gasteiger partial charge in [0.05, 0.1) is 10.6 Å². The number of amidine groups is 1. The Labute approximate surface area is 179 Å². The molecule has 4 rings (SSSR count). The van der Waals surface area contributed by atoms with Crippen LogP contribution in [0.4, 0.5) is 5.69 Å². The van der Waals surface area contributed by atoms with Crippen LogP contribution in [0.15, 0.2) is 69.0 Å². The fourth-order valence-electron chi connectivity index (χ4n) is 3.86. The van der Waals surface area contributed by atoms with Gasteiger partial charge in [0, 0.05) is 10.5 Å². The second-order valence-corrected chi connectivity index (χ2v) is 9.32. The molecule has 0 N–H and O–H groups in total. The van der Waals surface area contributed by atoms with Crippen molar-refractivity contribution in [2.75, 3.05) is 0 Å². The molecule has 1 saturated carbocycles. The molecule has 1 amide bonds. The first kappa shape index (κ1) is 19.5. The van der Waals surface area contributed by atoms with Crippen LogP contribution in [-0.4, -0.2) is 22.0 Å². The molecule has 1 heterocycles. The number of hydrogen-bond acceptors (Lipinski definition) is 3. The van der Waals surface area contributed by atoms with Crippen molar-refractivity contribution in [2.24, 2.45) is 10.9 Å². The molecule has 2 aliphatic rings. The molecule has 28 heavy (non-hydrogen) atoms. The first-order chi connectivity index (χ1) is 13.6. The smallest absolute Gasteiger partial charge is 0.267 e. The van der Waals surface area contributed by atoms with E-state index in [0.717, 1.165) is 32.2 Å². The number of para-hydroxylation sites is 1. The monoisotopic (exact) mass is 454 g/mol. The minimum atomic E-state index is 0.0846. The Morgan fingerprint density at radius 1 is 1.07 bits per heavy atom. The fourth-order valence-corrected chi connectivity index (χ4v) is 5.17. The minimum Gasteiger partial charge on any atom is -0.283 e. The van der Waals surface area contributed by atoms with Crippen molar-refractivity contribution in [1.82, 2.24) is 4.90 Å². The second-order valence-electron chi connectivity index (χ2n) is 7.40. The lowest BCUT2D eigenvalue weighted by Gasteiger charge is -2.35. The molecular formula is C23H23BrN2OS. The van der Waals surface area contributed by atoms with Gasteiger partial charge in [-0.1, -0.05) is 66.0 Å². The van der Waals surface area contributed by atoms with E-state index in [1.165, 1.54) is 31.0 Å². The summed E-state index contributed by atoms with van der Waals surface area (Å²) in [7, 11) is 0. The van der Waals surface area contributed by atoms with Gasteiger partial charge in [0.25, 0.3) is 5.91 Å². The SMILES string of the molecule is C[C@@H]1CCCC[C@H]1N1C(=O)/C(=C/c2ccc(Br)cc2)SC1=Nc1ccccc1. The Bertz CT molecular complexity index is 908. The van der Waals surface area contributed by atoms with E-state index in [0.29, 0.717) is 5.92 Å². The fraction of sp³-hybridized carbons (Fsp3) is 0.304. The number of hydrogen-bond donors (Lipinski definition) is 0. The molecule has 2 aromatic carbocycles. The van der Waals surface area contributed by atoms with Crippen molar-refractivity contribution < 1.29 is 4.79 Å². The maximum Gasteiger partial charge on any atom is 0.267 e. The van der Waals surface area contributed by atoms with E-state index < -0.39 is 0 Å². The maximum atomic E-state index is 13.4. The number of aliphatic imine (C=N–C) groups is 1. The number of nitrogens with zero attached hydrogens (tertiary/aromatic N) is 2. The molecule has 0 spiro atoms. The number of halogens is 1. The number of carbonyl (C=O) groups excluding carboxylic acids is 1. The van der Waals surface area contributed by atoms with E-state index in [1.54, 1.807) is 0 Å². The van der Waals surface area contributed by atoms with Crippen LogP contribution >= 0.6 is 27.7 Å².